The molecule has 0 aliphatic rings. The molecule has 0 radical (unpaired) electrons. The van der Waals surface area contributed by atoms with Crippen LogP contribution >= 0.6 is 0 Å². The summed E-state index contributed by atoms with van der Waals surface area (Å²) in [7, 11) is 0. The van der Waals surface area contributed by atoms with E-state index in [2.05, 4.69) is 47.4 Å². The van der Waals surface area contributed by atoms with Gasteiger partial charge in [-0.05, 0) is 37.1 Å². The van der Waals surface area contributed by atoms with Crippen LogP contribution in [-0.2, 0) is 6.54 Å². The van der Waals surface area contributed by atoms with Crippen molar-refractivity contribution < 1.29 is 0 Å². The Morgan fingerprint density at radius 2 is 2.16 bits per heavy atom. The normalized spacial score (nSPS) is 12.3. The van der Waals surface area contributed by atoms with Gasteiger partial charge in [0.1, 0.15) is 0 Å². The van der Waals surface area contributed by atoms with E-state index in [1.54, 1.807) is 0 Å². The number of nitrogens with one attached hydrogen (secondary N) is 1. The molecule has 2 aromatic rings. The van der Waals surface area contributed by atoms with Crippen LogP contribution in [0.15, 0.2) is 30.3 Å². The highest BCUT2D eigenvalue weighted by atomic mass is 14.9. The molecular weight excluding hydrogens is 232 g/mol. The summed E-state index contributed by atoms with van der Waals surface area (Å²) in [6.45, 7) is 5.02. The largest absolute Gasteiger partial charge is 0.309 e. The Bertz CT molecular complexity index is 596. The third kappa shape index (κ3) is 3.56. The molecule has 0 amide bonds. The van der Waals surface area contributed by atoms with Crippen molar-refractivity contribution in [1.29, 1.82) is 0 Å². The van der Waals surface area contributed by atoms with Crippen LogP contribution in [0.2, 0.25) is 0 Å². The summed E-state index contributed by atoms with van der Waals surface area (Å²) < 4.78 is 0. The van der Waals surface area contributed by atoms with Gasteiger partial charge in [0.15, 0.2) is 0 Å². The van der Waals surface area contributed by atoms with Crippen molar-refractivity contribution >= 4 is 10.9 Å². The van der Waals surface area contributed by atoms with Crippen molar-refractivity contribution in [2.24, 2.45) is 0 Å². The molecule has 19 heavy (non-hydrogen) atoms. The number of fused-ring (bicyclic) bond motifs is 1. The summed E-state index contributed by atoms with van der Waals surface area (Å²) in [6, 6.07) is 11.0. The van der Waals surface area contributed by atoms with Gasteiger partial charge in [0, 0.05) is 30.1 Å². The fraction of sp³-hybridized carbons (Fsp3) is 0.353. The molecule has 1 atom stereocenters. The minimum atomic E-state index is 0.400. The summed E-state index contributed by atoms with van der Waals surface area (Å²) in [5.41, 5.74) is 3.38. The second-order valence-electron chi connectivity index (χ2n) is 4.87. The first-order valence-corrected chi connectivity index (χ1v) is 6.76. The first kappa shape index (κ1) is 13.6. The zero-order valence-electron chi connectivity index (χ0n) is 11.6. The number of hydrogen-bond acceptors (Lipinski definition) is 2. The molecule has 0 spiro atoms. The smallest absolute Gasteiger partial charge is 0.0705 e. The predicted octanol–water partition coefficient (Wildman–Crippen LogP) is 3.43. The molecule has 1 aromatic carbocycles. The maximum Gasteiger partial charge on any atom is 0.0705 e. The lowest BCUT2D eigenvalue weighted by molar-refractivity contribution is 0.507. The van der Waals surface area contributed by atoms with Crippen molar-refractivity contribution in [2.75, 3.05) is 0 Å². The highest BCUT2D eigenvalue weighted by Crippen LogP contribution is 2.15. The van der Waals surface area contributed by atoms with Crippen LogP contribution in [0.25, 0.3) is 10.9 Å². The lowest BCUT2D eigenvalue weighted by Crippen LogP contribution is -2.27. The molecule has 1 aromatic heterocycles. The Labute approximate surface area is 115 Å². The molecule has 1 N–H and O–H groups in total. The fourth-order valence-corrected chi connectivity index (χ4v) is 2.15. The van der Waals surface area contributed by atoms with E-state index < -0.39 is 0 Å². The Hall–Kier alpha value is -1.85. The third-order valence-corrected chi connectivity index (χ3v) is 3.34. The van der Waals surface area contributed by atoms with E-state index in [-0.39, 0.29) is 0 Å². The zero-order chi connectivity index (χ0) is 13.7. The summed E-state index contributed by atoms with van der Waals surface area (Å²) in [4.78, 5) is 4.51. The second-order valence-corrected chi connectivity index (χ2v) is 4.87. The number of rotatable bonds is 5. The molecule has 0 saturated carbocycles. The number of hydrogen-bond donors (Lipinski definition) is 1. The van der Waals surface area contributed by atoms with E-state index in [1.807, 2.05) is 13.0 Å². The van der Waals surface area contributed by atoms with E-state index in [0.717, 1.165) is 30.6 Å². The van der Waals surface area contributed by atoms with E-state index in [1.165, 1.54) is 10.9 Å². The van der Waals surface area contributed by atoms with Gasteiger partial charge in [0.25, 0.3) is 0 Å². The fourth-order valence-electron chi connectivity index (χ4n) is 2.15. The summed E-state index contributed by atoms with van der Waals surface area (Å²) in [5.74, 6) is 2.72. The standard InChI is InChI=1S/C17H20N2/c1-4-6-16(5-2)18-12-14-8-10-17-15(11-14)9-7-13(3)19-17/h1,7-11,16,18H,5-6,12H2,2-3H3. The average Bonchev–Trinajstić information content (AvgIpc) is 2.43. The van der Waals surface area contributed by atoms with Gasteiger partial charge in [-0.15, -0.1) is 12.3 Å². The number of terminal acetylenes is 1. The van der Waals surface area contributed by atoms with Crippen molar-refractivity contribution in [3.05, 3.63) is 41.6 Å². The minimum Gasteiger partial charge on any atom is -0.309 e. The molecule has 0 saturated heterocycles. The van der Waals surface area contributed by atoms with Crippen LogP contribution in [0, 0.1) is 19.3 Å². The van der Waals surface area contributed by atoms with E-state index in [0.29, 0.717) is 6.04 Å². The maximum atomic E-state index is 5.36. The van der Waals surface area contributed by atoms with Crippen LogP contribution in [0.3, 0.4) is 0 Å². The Morgan fingerprint density at radius 3 is 2.89 bits per heavy atom. The average molecular weight is 252 g/mol. The molecule has 0 aliphatic carbocycles. The molecule has 98 valence electrons. The van der Waals surface area contributed by atoms with Crippen molar-refractivity contribution in [1.82, 2.24) is 10.3 Å². The number of benzene rings is 1. The van der Waals surface area contributed by atoms with Crippen molar-refractivity contribution in [3.8, 4) is 12.3 Å². The molecule has 0 aliphatic heterocycles. The third-order valence-electron chi connectivity index (χ3n) is 3.34. The number of nitrogens with zero attached hydrogens (tertiary/aromatic N) is 1. The molecule has 2 rings (SSSR count). The summed E-state index contributed by atoms with van der Waals surface area (Å²) in [6.07, 6.45) is 7.20. The van der Waals surface area contributed by atoms with Crippen molar-refractivity contribution in [2.45, 2.75) is 39.3 Å². The minimum absolute atomic E-state index is 0.400. The van der Waals surface area contributed by atoms with Crippen LogP contribution < -0.4 is 5.32 Å². The van der Waals surface area contributed by atoms with E-state index in [4.69, 9.17) is 6.42 Å². The van der Waals surface area contributed by atoms with Crippen LogP contribution in [0.5, 0.6) is 0 Å². The molecule has 2 nitrogen and oxygen atoms in total. The maximum absolute atomic E-state index is 5.36. The topological polar surface area (TPSA) is 24.9 Å². The zero-order valence-corrected chi connectivity index (χ0v) is 11.6. The quantitative estimate of drug-likeness (QED) is 0.825. The lowest BCUT2D eigenvalue weighted by atomic mass is 10.1. The van der Waals surface area contributed by atoms with Crippen LogP contribution in [0.1, 0.15) is 31.0 Å². The lowest BCUT2D eigenvalue weighted by Gasteiger charge is -2.14. The molecular formula is C17H20N2. The van der Waals surface area contributed by atoms with Gasteiger partial charge in [0.05, 0.1) is 5.52 Å². The summed E-state index contributed by atoms with van der Waals surface area (Å²) in [5, 5.41) is 4.69. The summed E-state index contributed by atoms with van der Waals surface area (Å²) >= 11 is 0. The van der Waals surface area contributed by atoms with Crippen molar-refractivity contribution in [3.63, 3.8) is 0 Å². The number of aromatic nitrogens is 1. The van der Waals surface area contributed by atoms with E-state index >= 15 is 0 Å². The van der Waals surface area contributed by atoms with Gasteiger partial charge in [0.2, 0.25) is 0 Å². The van der Waals surface area contributed by atoms with Gasteiger partial charge in [-0.1, -0.05) is 19.1 Å². The van der Waals surface area contributed by atoms with Gasteiger partial charge >= 0.3 is 0 Å². The van der Waals surface area contributed by atoms with Crippen LogP contribution in [0.4, 0.5) is 0 Å². The van der Waals surface area contributed by atoms with Crippen LogP contribution in [-0.4, -0.2) is 11.0 Å². The molecule has 1 unspecified atom stereocenters. The molecule has 2 heteroatoms. The number of pyridine rings is 1. The predicted molar refractivity (Wildman–Crippen MR) is 80.8 cm³/mol. The monoisotopic (exact) mass is 252 g/mol. The molecule has 0 bridgehead atoms. The van der Waals surface area contributed by atoms with Gasteiger partial charge in [-0.25, -0.2) is 0 Å². The first-order chi connectivity index (χ1) is 9.22. The SMILES string of the molecule is C#CCC(CC)NCc1ccc2nc(C)ccc2c1. The number of aryl methyl sites for hydroxylation is 1. The van der Waals surface area contributed by atoms with Gasteiger partial charge in [-0.3, -0.25) is 4.98 Å². The molecule has 1 heterocycles. The Balaban J connectivity index is 2.09. The first-order valence-electron chi connectivity index (χ1n) is 6.76. The Morgan fingerprint density at radius 1 is 1.32 bits per heavy atom. The highest BCUT2D eigenvalue weighted by molar-refractivity contribution is 5.79. The van der Waals surface area contributed by atoms with E-state index in [9.17, 15) is 0 Å². The molecule has 0 fully saturated rings. The van der Waals surface area contributed by atoms with Gasteiger partial charge < -0.3 is 5.32 Å². The Kier molecular flexibility index (Phi) is 4.54. The second kappa shape index (κ2) is 6.36. The van der Waals surface area contributed by atoms with Gasteiger partial charge in [-0.2, -0.15) is 0 Å². The highest BCUT2D eigenvalue weighted by Gasteiger charge is 2.04.